The molecule has 0 aliphatic heterocycles. The molecule has 0 aliphatic carbocycles. The maximum absolute atomic E-state index is 13.1. The van der Waals surface area contributed by atoms with Crippen molar-refractivity contribution in [2.45, 2.75) is 25.3 Å². The number of hydrogen-bond acceptors (Lipinski definition) is 5. The van der Waals surface area contributed by atoms with Gasteiger partial charge in [-0.05, 0) is 52.9 Å². The summed E-state index contributed by atoms with van der Waals surface area (Å²) in [5.74, 6) is -0.581. The second-order valence-electron chi connectivity index (χ2n) is 10.9. The smallest absolute Gasteiger partial charge is 0.326 e. The van der Waals surface area contributed by atoms with Gasteiger partial charge in [-0.1, -0.05) is 109 Å². The van der Waals surface area contributed by atoms with Crippen molar-refractivity contribution in [3.8, 4) is 16.9 Å². The summed E-state index contributed by atoms with van der Waals surface area (Å²) in [4.78, 5) is 37.9. The fourth-order valence-corrected chi connectivity index (χ4v) is 5.20. The van der Waals surface area contributed by atoms with E-state index in [2.05, 4.69) is 10.6 Å². The zero-order valence-corrected chi connectivity index (χ0v) is 25.4. The summed E-state index contributed by atoms with van der Waals surface area (Å²) in [6.07, 6.45) is 1.15. The minimum absolute atomic E-state index is 0.0404. The second-order valence-corrected chi connectivity index (χ2v) is 10.9. The molecule has 0 heterocycles. The number of carbonyl (C=O) groups excluding carboxylic acids is 2. The van der Waals surface area contributed by atoms with E-state index in [-0.39, 0.29) is 18.1 Å². The number of nitrogens with one attached hydrogen (secondary N) is 2. The van der Waals surface area contributed by atoms with Gasteiger partial charge in [0, 0.05) is 29.8 Å². The molecule has 0 aromatic heterocycles. The molecule has 5 aromatic carbocycles. The fourth-order valence-electron chi connectivity index (χ4n) is 5.20. The molecule has 0 saturated carbocycles. The number of carboxylic acids is 1. The van der Waals surface area contributed by atoms with Gasteiger partial charge in [0.05, 0.1) is 13.0 Å². The normalized spacial score (nSPS) is 11.3. The highest BCUT2D eigenvalue weighted by molar-refractivity contribution is 6.12. The lowest BCUT2D eigenvalue weighted by Gasteiger charge is -2.18. The van der Waals surface area contributed by atoms with Crippen molar-refractivity contribution in [2.75, 3.05) is 18.5 Å². The first-order valence-corrected chi connectivity index (χ1v) is 15.3. The van der Waals surface area contributed by atoms with E-state index < -0.39 is 12.0 Å². The average Bonchev–Trinajstić information content (AvgIpc) is 3.09. The fraction of sp³-hybridized carbons (Fsp3) is 0.154. The van der Waals surface area contributed by atoms with Crippen LogP contribution in [0.3, 0.4) is 0 Å². The van der Waals surface area contributed by atoms with Crippen LogP contribution in [0.15, 0.2) is 133 Å². The summed E-state index contributed by atoms with van der Waals surface area (Å²) in [6.45, 7) is 0.913. The molecule has 1 atom stereocenters. The van der Waals surface area contributed by atoms with Gasteiger partial charge in [-0.15, -0.1) is 0 Å². The highest BCUT2D eigenvalue weighted by Gasteiger charge is 2.21. The number of aliphatic carboxylic acids is 1. The van der Waals surface area contributed by atoms with Crippen molar-refractivity contribution in [1.29, 1.82) is 0 Å². The van der Waals surface area contributed by atoms with Crippen LogP contribution >= 0.6 is 0 Å². The molecule has 46 heavy (non-hydrogen) atoms. The first kappa shape index (κ1) is 31.7. The van der Waals surface area contributed by atoms with E-state index in [1.54, 1.807) is 60.7 Å². The van der Waals surface area contributed by atoms with Gasteiger partial charge in [-0.3, -0.25) is 9.59 Å². The van der Waals surface area contributed by atoms with E-state index in [0.717, 1.165) is 22.3 Å². The molecular formula is C39H36N2O5. The van der Waals surface area contributed by atoms with Crippen molar-refractivity contribution >= 4 is 23.3 Å². The summed E-state index contributed by atoms with van der Waals surface area (Å²) in [7, 11) is 0. The molecule has 1 unspecified atom stereocenters. The topological polar surface area (TPSA) is 105 Å². The lowest BCUT2D eigenvalue weighted by molar-refractivity contribution is -0.137. The van der Waals surface area contributed by atoms with E-state index >= 15 is 0 Å². The van der Waals surface area contributed by atoms with Crippen LogP contribution < -0.4 is 15.4 Å². The minimum Gasteiger partial charge on any atom is -0.494 e. The number of anilines is 1. The van der Waals surface area contributed by atoms with Crippen LogP contribution in [0, 0.1) is 0 Å². The van der Waals surface area contributed by atoms with Gasteiger partial charge in [0.15, 0.2) is 5.78 Å². The molecule has 0 aliphatic rings. The lowest BCUT2D eigenvalue weighted by Crippen LogP contribution is -2.32. The Bertz CT molecular complexity index is 1750. The van der Waals surface area contributed by atoms with Crippen molar-refractivity contribution in [1.82, 2.24) is 5.32 Å². The Morgan fingerprint density at radius 3 is 2.11 bits per heavy atom. The zero-order chi connectivity index (χ0) is 32.1. The Balaban J connectivity index is 1.08. The molecule has 0 bridgehead atoms. The Morgan fingerprint density at radius 2 is 1.37 bits per heavy atom. The lowest BCUT2D eigenvalue weighted by atomic mass is 9.97. The van der Waals surface area contributed by atoms with Crippen molar-refractivity contribution in [2.24, 2.45) is 0 Å². The minimum atomic E-state index is -1.02. The molecule has 1 amide bonds. The van der Waals surface area contributed by atoms with Gasteiger partial charge in [0.2, 0.25) is 5.91 Å². The number of amides is 1. The van der Waals surface area contributed by atoms with Crippen molar-refractivity contribution < 1.29 is 24.2 Å². The molecule has 3 N–H and O–H groups in total. The Hall–Kier alpha value is -5.69. The second kappa shape index (κ2) is 15.9. The van der Waals surface area contributed by atoms with Gasteiger partial charge in [0.25, 0.3) is 0 Å². The van der Waals surface area contributed by atoms with Crippen LogP contribution in [-0.4, -0.2) is 42.0 Å². The first-order valence-electron chi connectivity index (χ1n) is 15.3. The molecule has 5 aromatic rings. The molecule has 0 saturated heterocycles. The highest BCUT2D eigenvalue weighted by Crippen LogP contribution is 2.24. The number of para-hydroxylation sites is 1. The van der Waals surface area contributed by atoms with Crippen LogP contribution in [0.1, 0.15) is 33.5 Å². The number of benzene rings is 5. The largest absolute Gasteiger partial charge is 0.494 e. The summed E-state index contributed by atoms with van der Waals surface area (Å²) >= 11 is 0. The molecular weight excluding hydrogens is 576 g/mol. The summed E-state index contributed by atoms with van der Waals surface area (Å²) < 4.78 is 5.85. The number of ether oxygens (including phenoxy) is 1. The summed E-state index contributed by atoms with van der Waals surface area (Å²) in [6, 6.07) is 40.1. The van der Waals surface area contributed by atoms with Gasteiger partial charge >= 0.3 is 5.97 Å². The number of hydrogen-bond donors (Lipinski definition) is 3. The van der Waals surface area contributed by atoms with Crippen LogP contribution in [0.4, 0.5) is 5.69 Å². The van der Waals surface area contributed by atoms with Crippen LogP contribution in [0.25, 0.3) is 11.1 Å². The predicted octanol–water partition coefficient (Wildman–Crippen LogP) is 6.82. The van der Waals surface area contributed by atoms with Gasteiger partial charge in [0.1, 0.15) is 11.8 Å². The Kier molecular flexibility index (Phi) is 10.9. The van der Waals surface area contributed by atoms with Gasteiger partial charge in [-0.2, -0.15) is 0 Å². The van der Waals surface area contributed by atoms with E-state index in [1.807, 2.05) is 72.8 Å². The summed E-state index contributed by atoms with van der Waals surface area (Å²) in [5.41, 5.74) is 5.34. The Morgan fingerprint density at radius 1 is 0.717 bits per heavy atom. The molecule has 7 heteroatoms. The molecule has 232 valence electrons. The number of rotatable bonds is 15. The molecule has 0 spiro atoms. The number of ketones is 1. The molecule has 5 rings (SSSR count). The zero-order valence-electron chi connectivity index (χ0n) is 25.4. The quantitative estimate of drug-likeness (QED) is 0.0886. The van der Waals surface area contributed by atoms with Gasteiger partial charge in [-0.25, -0.2) is 4.79 Å². The SMILES string of the molecule is O=C(Cc1ccccc1-c1ccccc1)NCCCOc1ccc(CC(Nc2ccccc2C(=O)c2ccccc2)C(=O)O)cc1. The van der Waals surface area contributed by atoms with Crippen LogP contribution in [0.5, 0.6) is 5.75 Å². The van der Waals surface area contributed by atoms with Crippen molar-refractivity contribution in [3.05, 3.63) is 156 Å². The standard InChI is InChI=1S/C39H36N2O5/c42-37(27-31-16-7-8-17-33(31)29-12-3-1-4-13-29)40-24-11-25-46-32-22-20-28(21-23-32)26-36(39(44)45)41-35-19-10-9-18-34(35)38(43)30-14-5-2-6-15-30/h1-10,12-23,36,41H,11,24-27H2,(H,40,42)(H,44,45). The molecule has 0 radical (unpaired) electrons. The molecule has 0 fully saturated rings. The van der Waals surface area contributed by atoms with E-state index in [4.69, 9.17) is 4.74 Å². The third-order valence-corrected chi connectivity index (χ3v) is 7.56. The summed E-state index contributed by atoms with van der Waals surface area (Å²) in [5, 5.41) is 16.0. The van der Waals surface area contributed by atoms with Crippen LogP contribution in [-0.2, 0) is 22.4 Å². The van der Waals surface area contributed by atoms with Crippen LogP contribution in [0.2, 0.25) is 0 Å². The van der Waals surface area contributed by atoms with Gasteiger partial charge < -0.3 is 20.5 Å². The average molecular weight is 613 g/mol. The Labute approximate surface area is 268 Å². The third kappa shape index (κ3) is 8.70. The van der Waals surface area contributed by atoms with Crippen molar-refractivity contribution in [3.63, 3.8) is 0 Å². The maximum atomic E-state index is 13.1. The van der Waals surface area contributed by atoms with E-state index in [0.29, 0.717) is 48.6 Å². The first-order chi connectivity index (χ1) is 22.5. The maximum Gasteiger partial charge on any atom is 0.326 e. The van der Waals surface area contributed by atoms with E-state index in [9.17, 15) is 19.5 Å². The van der Waals surface area contributed by atoms with E-state index in [1.165, 1.54) is 0 Å². The highest BCUT2D eigenvalue weighted by atomic mass is 16.5. The predicted molar refractivity (Wildman–Crippen MR) is 180 cm³/mol. The third-order valence-electron chi connectivity index (χ3n) is 7.56. The number of carbonyl (C=O) groups is 3. The number of carboxylic acid groups (broad SMARTS) is 1. The monoisotopic (exact) mass is 612 g/mol. The molecule has 7 nitrogen and oxygen atoms in total.